The first-order valence-electron chi connectivity index (χ1n) is 6.12. The number of carbonyl (C=O) groups is 1. The van der Waals surface area contributed by atoms with Crippen molar-refractivity contribution in [3.05, 3.63) is 11.9 Å². The van der Waals surface area contributed by atoms with Crippen molar-refractivity contribution in [1.82, 2.24) is 25.2 Å². The van der Waals surface area contributed by atoms with Gasteiger partial charge in [-0.05, 0) is 26.3 Å². The fraction of sp³-hybridized carbons (Fsp3) is 0.727. The molecule has 2 unspecified atom stereocenters. The first-order valence-corrected chi connectivity index (χ1v) is 6.12. The van der Waals surface area contributed by atoms with Crippen LogP contribution in [0.2, 0.25) is 0 Å². The average Bonchev–Trinajstić information content (AvgIpc) is 2.88. The van der Waals surface area contributed by atoms with Crippen LogP contribution in [0.1, 0.15) is 29.8 Å². The third kappa shape index (κ3) is 1.82. The van der Waals surface area contributed by atoms with Crippen LogP contribution < -0.4 is 0 Å². The summed E-state index contributed by atoms with van der Waals surface area (Å²) in [5, 5.41) is 10.0. The maximum atomic E-state index is 12.2. The van der Waals surface area contributed by atoms with Gasteiger partial charge < -0.3 is 4.90 Å². The first-order chi connectivity index (χ1) is 8.25. The Labute approximate surface area is 100.0 Å². The number of carbonyl (C=O) groups excluding carboxylic acids is 1. The second-order valence-corrected chi connectivity index (χ2v) is 4.95. The molecule has 2 atom stereocenters. The molecule has 0 saturated carbocycles. The van der Waals surface area contributed by atoms with Crippen molar-refractivity contribution in [2.75, 3.05) is 20.1 Å². The molecule has 6 nitrogen and oxygen atoms in total. The number of nitrogens with zero attached hydrogens (tertiary/aromatic N) is 4. The summed E-state index contributed by atoms with van der Waals surface area (Å²) in [4.78, 5) is 16.5. The van der Waals surface area contributed by atoms with Crippen LogP contribution in [0.5, 0.6) is 0 Å². The van der Waals surface area contributed by atoms with E-state index in [-0.39, 0.29) is 5.91 Å². The molecule has 17 heavy (non-hydrogen) atoms. The third-order valence-electron chi connectivity index (χ3n) is 4.07. The quantitative estimate of drug-likeness (QED) is 0.750. The summed E-state index contributed by atoms with van der Waals surface area (Å²) in [6.07, 6.45) is 5.03. The molecule has 0 aromatic carbocycles. The van der Waals surface area contributed by atoms with Gasteiger partial charge in [-0.3, -0.25) is 9.69 Å². The van der Waals surface area contributed by atoms with Crippen LogP contribution in [0.25, 0.3) is 0 Å². The van der Waals surface area contributed by atoms with Crippen LogP contribution in [0.15, 0.2) is 6.20 Å². The number of nitrogens with one attached hydrogen (secondary N) is 1. The first kappa shape index (κ1) is 10.7. The molecular weight excluding hydrogens is 218 g/mol. The zero-order valence-corrected chi connectivity index (χ0v) is 9.96. The number of aromatic nitrogens is 3. The van der Waals surface area contributed by atoms with Crippen LogP contribution in [0.3, 0.4) is 0 Å². The van der Waals surface area contributed by atoms with E-state index in [1.54, 1.807) is 0 Å². The number of aromatic amines is 1. The number of likely N-dealkylation sites (tertiary alicyclic amines) is 1. The minimum Gasteiger partial charge on any atom is -0.336 e. The number of likely N-dealkylation sites (N-methyl/N-ethyl adjacent to an activating group) is 1. The van der Waals surface area contributed by atoms with Crippen molar-refractivity contribution in [2.24, 2.45) is 0 Å². The van der Waals surface area contributed by atoms with Gasteiger partial charge in [0.1, 0.15) is 0 Å². The maximum absolute atomic E-state index is 12.2. The Bertz CT molecular complexity index is 404. The highest BCUT2D eigenvalue weighted by Crippen LogP contribution is 2.28. The molecule has 2 saturated heterocycles. The number of H-pyrrole nitrogens is 1. The molecule has 1 amide bonds. The van der Waals surface area contributed by atoms with E-state index >= 15 is 0 Å². The van der Waals surface area contributed by atoms with E-state index in [2.05, 4.69) is 27.4 Å². The van der Waals surface area contributed by atoms with Crippen molar-refractivity contribution in [2.45, 2.75) is 31.3 Å². The molecule has 0 aliphatic carbocycles. The second-order valence-electron chi connectivity index (χ2n) is 4.95. The SMILES string of the molecule is CN1C2CCC1CN(C(=O)c1cn[nH]n1)CC2. The molecule has 3 rings (SSSR count). The summed E-state index contributed by atoms with van der Waals surface area (Å²) < 4.78 is 0. The van der Waals surface area contributed by atoms with E-state index in [4.69, 9.17) is 0 Å². The zero-order valence-electron chi connectivity index (χ0n) is 9.96. The predicted octanol–water partition coefficient (Wildman–Crippen LogP) is 0.113. The Morgan fingerprint density at radius 1 is 1.41 bits per heavy atom. The van der Waals surface area contributed by atoms with Gasteiger partial charge in [-0.2, -0.15) is 15.4 Å². The Morgan fingerprint density at radius 2 is 2.24 bits per heavy atom. The fourth-order valence-electron chi connectivity index (χ4n) is 2.96. The van der Waals surface area contributed by atoms with Crippen molar-refractivity contribution in [3.8, 4) is 0 Å². The second kappa shape index (κ2) is 4.10. The average molecular weight is 235 g/mol. The number of rotatable bonds is 1. The lowest BCUT2D eigenvalue weighted by Gasteiger charge is -2.25. The molecule has 3 heterocycles. The predicted molar refractivity (Wildman–Crippen MR) is 61.5 cm³/mol. The molecule has 2 aliphatic heterocycles. The van der Waals surface area contributed by atoms with E-state index in [0.717, 1.165) is 19.5 Å². The van der Waals surface area contributed by atoms with Gasteiger partial charge in [0.2, 0.25) is 0 Å². The van der Waals surface area contributed by atoms with E-state index < -0.39 is 0 Å². The van der Waals surface area contributed by atoms with Crippen LogP contribution in [-0.2, 0) is 0 Å². The van der Waals surface area contributed by atoms with Crippen molar-refractivity contribution in [1.29, 1.82) is 0 Å². The Morgan fingerprint density at radius 3 is 3.00 bits per heavy atom. The minimum absolute atomic E-state index is 0.000278. The van der Waals surface area contributed by atoms with Gasteiger partial charge in [-0.15, -0.1) is 0 Å². The van der Waals surface area contributed by atoms with Gasteiger partial charge in [0.05, 0.1) is 6.20 Å². The van der Waals surface area contributed by atoms with Crippen molar-refractivity contribution >= 4 is 5.91 Å². The van der Waals surface area contributed by atoms with E-state index in [0.29, 0.717) is 17.8 Å². The lowest BCUT2D eigenvalue weighted by molar-refractivity contribution is 0.0734. The van der Waals surface area contributed by atoms with E-state index in [9.17, 15) is 4.79 Å². The highest BCUT2D eigenvalue weighted by atomic mass is 16.2. The summed E-state index contributed by atoms with van der Waals surface area (Å²) in [6.45, 7) is 1.65. The summed E-state index contributed by atoms with van der Waals surface area (Å²) >= 11 is 0. The lowest BCUT2D eigenvalue weighted by Crippen LogP contribution is -2.39. The smallest absolute Gasteiger partial charge is 0.276 e. The van der Waals surface area contributed by atoms with Gasteiger partial charge in [0.15, 0.2) is 5.69 Å². The molecule has 2 fully saturated rings. The highest BCUT2D eigenvalue weighted by Gasteiger charge is 2.36. The lowest BCUT2D eigenvalue weighted by atomic mass is 10.1. The number of fused-ring (bicyclic) bond motifs is 2. The van der Waals surface area contributed by atoms with Crippen LogP contribution in [0, 0.1) is 0 Å². The van der Waals surface area contributed by atoms with Gasteiger partial charge in [0, 0.05) is 25.2 Å². The molecule has 2 aliphatic rings. The molecule has 2 bridgehead atoms. The number of hydrogen-bond acceptors (Lipinski definition) is 4. The fourth-order valence-corrected chi connectivity index (χ4v) is 2.96. The largest absolute Gasteiger partial charge is 0.336 e. The molecule has 0 radical (unpaired) electrons. The summed E-state index contributed by atoms with van der Waals surface area (Å²) in [7, 11) is 2.17. The molecule has 1 aromatic rings. The molecule has 1 aromatic heterocycles. The molecule has 92 valence electrons. The Balaban J connectivity index is 1.75. The van der Waals surface area contributed by atoms with Crippen LogP contribution in [0.4, 0.5) is 0 Å². The summed E-state index contributed by atoms with van der Waals surface area (Å²) in [5.41, 5.74) is 0.422. The van der Waals surface area contributed by atoms with Crippen molar-refractivity contribution < 1.29 is 4.79 Å². The Hall–Kier alpha value is -1.43. The van der Waals surface area contributed by atoms with Crippen molar-refractivity contribution in [3.63, 3.8) is 0 Å². The standard InChI is InChI=1S/C11H17N5O/c1-15-8-2-3-9(15)7-16(5-4-8)11(17)10-6-12-14-13-10/h6,8-9H,2-5,7H2,1H3,(H,12,13,14). The molecule has 0 spiro atoms. The van der Waals surface area contributed by atoms with Gasteiger partial charge in [0.25, 0.3) is 5.91 Å². The van der Waals surface area contributed by atoms with E-state index in [1.807, 2.05) is 4.90 Å². The molecule has 6 heteroatoms. The number of hydrogen-bond donors (Lipinski definition) is 1. The zero-order chi connectivity index (χ0) is 11.8. The number of amides is 1. The third-order valence-corrected chi connectivity index (χ3v) is 4.07. The van der Waals surface area contributed by atoms with Gasteiger partial charge in [-0.1, -0.05) is 0 Å². The van der Waals surface area contributed by atoms with Crippen LogP contribution in [-0.4, -0.2) is 63.3 Å². The minimum atomic E-state index is -0.000278. The van der Waals surface area contributed by atoms with Crippen LogP contribution >= 0.6 is 0 Å². The Kier molecular flexibility index (Phi) is 2.58. The molecular formula is C11H17N5O. The summed E-state index contributed by atoms with van der Waals surface area (Å²) in [5.74, 6) is -0.000278. The molecule has 1 N–H and O–H groups in total. The normalized spacial score (nSPS) is 29.4. The monoisotopic (exact) mass is 235 g/mol. The van der Waals surface area contributed by atoms with Gasteiger partial charge in [-0.25, -0.2) is 0 Å². The maximum Gasteiger partial charge on any atom is 0.276 e. The van der Waals surface area contributed by atoms with E-state index in [1.165, 1.54) is 19.0 Å². The topological polar surface area (TPSA) is 65.1 Å². The summed E-state index contributed by atoms with van der Waals surface area (Å²) in [6, 6.07) is 1.16. The van der Waals surface area contributed by atoms with Gasteiger partial charge >= 0.3 is 0 Å². The highest BCUT2D eigenvalue weighted by molar-refractivity contribution is 5.91.